The number of hydrogen-bond acceptors (Lipinski definition) is 5. The highest BCUT2D eigenvalue weighted by atomic mass is 16.5. The number of methoxy groups -OCH3 is 3. The summed E-state index contributed by atoms with van der Waals surface area (Å²) in [5.74, 6) is 2.29. The van der Waals surface area contributed by atoms with Gasteiger partial charge in [-0.1, -0.05) is 51.2 Å². The Hall–Kier alpha value is -3.22. The third-order valence-corrected chi connectivity index (χ3v) is 6.26. The lowest BCUT2D eigenvalue weighted by molar-refractivity contribution is 0.0952. The Morgan fingerprint density at radius 2 is 1.60 bits per heavy atom. The van der Waals surface area contributed by atoms with E-state index in [1.165, 1.54) is 51.8 Å². The van der Waals surface area contributed by atoms with Crippen LogP contribution < -0.4 is 19.5 Å². The Kier molecular flexibility index (Phi) is 10.3. The van der Waals surface area contributed by atoms with E-state index in [2.05, 4.69) is 35.0 Å². The summed E-state index contributed by atoms with van der Waals surface area (Å²) < 4.78 is 18.4. The summed E-state index contributed by atoms with van der Waals surface area (Å²) in [5.41, 5.74) is 2.70. The van der Waals surface area contributed by atoms with Crippen molar-refractivity contribution in [3.05, 3.63) is 47.8 Å². The zero-order valence-corrected chi connectivity index (χ0v) is 21.6. The minimum absolute atomic E-state index is 0.176. The molecule has 0 atom stereocenters. The van der Waals surface area contributed by atoms with E-state index < -0.39 is 0 Å². The molecule has 0 bridgehead atoms. The van der Waals surface area contributed by atoms with Gasteiger partial charge in [-0.2, -0.15) is 0 Å². The lowest BCUT2D eigenvalue weighted by Gasteiger charge is -2.14. The number of benzene rings is 2. The minimum atomic E-state index is -0.176. The summed E-state index contributed by atoms with van der Waals surface area (Å²) >= 11 is 0. The molecule has 0 unspecified atom stereocenters. The molecule has 0 aliphatic rings. The van der Waals surface area contributed by atoms with Crippen molar-refractivity contribution in [2.75, 3.05) is 27.9 Å². The first-order valence-electron chi connectivity index (χ1n) is 12.6. The number of ether oxygens (including phenoxy) is 3. The molecule has 0 aliphatic heterocycles. The fourth-order valence-corrected chi connectivity index (χ4v) is 4.38. The fraction of sp³-hybridized carbons (Fsp3) is 0.500. The number of fused-ring (bicyclic) bond motifs is 1. The maximum Gasteiger partial charge on any atom is 0.251 e. The van der Waals surface area contributed by atoms with E-state index >= 15 is 0 Å². The van der Waals surface area contributed by atoms with E-state index in [1.807, 2.05) is 6.07 Å². The van der Waals surface area contributed by atoms with Crippen molar-refractivity contribution >= 4 is 16.9 Å². The van der Waals surface area contributed by atoms with Crippen LogP contribution >= 0.6 is 0 Å². The molecule has 0 aliphatic carbocycles. The van der Waals surface area contributed by atoms with Crippen LogP contribution in [0.4, 0.5) is 0 Å². The molecular weight excluding hydrogens is 442 g/mol. The predicted octanol–water partition coefficient (Wildman–Crippen LogP) is 5.79. The number of nitrogens with one attached hydrogen (secondary N) is 1. The summed E-state index contributed by atoms with van der Waals surface area (Å²) in [6, 6.07) is 11.7. The number of amides is 1. The number of para-hydroxylation sites is 2. The molecule has 7 heteroatoms. The molecule has 0 fully saturated rings. The second kappa shape index (κ2) is 13.6. The average molecular weight is 482 g/mol. The first-order chi connectivity index (χ1) is 17.1. The largest absolute Gasteiger partial charge is 0.493 e. The Bertz CT molecular complexity index is 1070. The predicted molar refractivity (Wildman–Crippen MR) is 140 cm³/mol. The minimum Gasteiger partial charge on any atom is -0.493 e. The molecule has 0 radical (unpaired) electrons. The normalized spacial score (nSPS) is 11.0. The highest BCUT2D eigenvalue weighted by Crippen LogP contribution is 2.38. The lowest BCUT2D eigenvalue weighted by atomic mass is 10.1. The third-order valence-electron chi connectivity index (χ3n) is 6.26. The van der Waals surface area contributed by atoms with Crippen molar-refractivity contribution in [1.82, 2.24) is 14.9 Å². The smallest absolute Gasteiger partial charge is 0.251 e. The Balaban J connectivity index is 1.58. The molecule has 190 valence electrons. The second-order valence-electron chi connectivity index (χ2n) is 8.71. The number of rotatable bonds is 15. The second-order valence-corrected chi connectivity index (χ2v) is 8.71. The van der Waals surface area contributed by atoms with Gasteiger partial charge in [-0.05, 0) is 37.1 Å². The number of aryl methyl sites for hydroxylation is 2. The van der Waals surface area contributed by atoms with E-state index in [9.17, 15) is 4.79 Å². The van der Waals surface area contributed by atoms with Gasteiger partial charge in [-0.3, -0.25) is 4.79 Å². The topological polar surface area (TPSA) is 74.6 Å². The molecule has 35 heavy (non-hydrogen) atoms. The Morgan fingerprint density at radius 1 is 0.914 bits per heavy atom. The van der Waals surface area contributed by atoms with Gasteiger partial charge in [0.2, 0.25) is 5.75 Å². The van der Waals surface area contributed by atoms with Gasteiger partial charge in [-0.25, -0.2) is 4.98 Å². The lowest BCUT2D eigenvalue weighted by Crippen LogP contribution is -2.25. The number of unbranched alkanes of at least 4 members (excludes halogenated alkanes) is 5. The number of carbonyl (C=O) groups is 1. The van der Waals surface area contributed by atoms with Crippen LogP contribution in [0, 0.1) is 0 Å². The molecule has 1 amide bonds. The van der Waals surface area contributed by atoms with Crippen molar-refractivity contribution < 1.29 is 19.0 Å². The van der Waals surface area contributed by atoms with Gasteiger partial charge in [0.15, 0.2) is 11.5 Å². The molecule has 1 heterocycles. The van der Waals surface area contributed by atoms with Crippen LogP contribution in [0.5, 0.6) is 17.2 Å². The molecular formula is C28H39N3O4. The standard InChI is InChI=1S/C28H39N3O4/c1-5-6-7-8-9-12-18-31-23-15-11-10-14-22(23)30-26(31)16-13-17-29-28(32)21-19-24(33-2)27(35-4)25(20-21)34-3/h10-11,14-15,19-20H,5-9,12-13,16-18H2,1-4H3,(H,29,32). The summed E-state index contributed by atoms with van der Waals surface area (Å²) in [6.07, 6.45) is 9.22. The molecule has 0 spiro atoms. The third kappa shape index (κ3) is 6.90. The molecule has 3 aromatic rings. The first kappa shape index (κ1) is 26.4. The fourth-order valence-electron chi connectivity index (χ4n) is 4.38. The number of hydrogen-bond donors (Lipinski definition) is 1. The maximum atomic E-state index is 12.8. The van der Waals surface area contributed by atoms with Gasteiger partial charge in [0.1, 0.15) is 5.82 Å². The van der Waals surface area contributed by atoms with Gasteiger partial charge in [0, 0.05) is 25.1 Å². The zero-order chi connectivity index (χ0) is 25.0. The van der Waals surface area contributed by atoms with E-state index in [0.29, 0.717) is 29.4 Å². The average Bonchev–Trinajstić information content (AvgIpc) is 3.24. The van der Waals surface area contributed by atoms with Crippen LogP contribution in [0.2, 0.25) is 0 Å². The molecule has 3 rings (SSSR count). The van der Waals surface area contributed by atoms with Crippen molar-refractivity contribution in [2.45, 2.75) is 64.8 Å². The van der Waals surface area contributed by atoms with E-state index in [-0.39, 0.29) is 5.91 Å². The Morgan fingerprint density at radius 3 is 2.29 bits per heavy atom. The van der Waals surface area contributed by atoms with Crippen LogP contribution in [0.15, 0.2) is 36.4 Å². The van der Waals surface area contributed by atoms with Crippen LogP contribution in [-0.2, 0) is 13.0 Å². The summed E-state index contributed by atoms with van der Waals surface area (Å²) in [5, 5.41) is 3.01. The summed E-state index contributed by atoms with van der Waals surface area (Å²) in [4.78, 5) is 17.6. The zero-order valence-electron chi connectivity index (χ0n) is 21.6. The molecule has 1 aromatic heterocycles. The van der Waals surface area contributed by atoms with Gasteiger partial charge >= 0.3 is 0 Å². The van der Waals surface area contributed by atoms with Crippen molar-refractivity contribution in [3.63, 3.8) is 0 Å². The Labute approximate surface area is 208 Å². The number of imidazole rings is 1. The van der Waals surface area contributed by atoms with Crippen LogP contribution in [-0.4, -0.2) is 43.3 Å². The van der Waals surface area contributed by atoms with E-state index in [4.69, 9.17) is 19.2 Å². The molecule has 0 saturated heterocycles. The highest BCUT2D eigenvalue weighted by Gasteiger charge is 2.17. The first-order valence-corrected chi connectivity index (χ1v) is 12.6. The van der Waals surface area contributed by atoms with Gasteiger partial charge in [0.05, 0.1) is 32.4 Å². The van der Waals surface area contributed by atoms with Gasteiger partial charge in [-0.15, -0.1) is 0 Å². The van der Waals surface area contributed by atoms with E-state index in [0.717, 1.165) is 37.1 Å². The monoisotopic (exact) mass is 481 g/mol. The quantitative estimate of drug-likeness (QED) is 0.278. The van der Waals surface area contributed by atoms with Crippen LogP contribution in [0.25, 0.3) is 11.0 Å². The van der Waals surface area contributed by atoms with E-state index in [1.54, 1.807) is 19.2 Å². The molecule has 2 aromatic carbocycles. The highest BCUT2D eigenvalue weighted by molar-refractivity contribution is 5.95. The number of aromatic nitrogens is 2. The van der Waals surface area contributed by atoms with Crippen LogP contribution in [0.3, 0.4) is 0 Å². The maximum absolute atomic E-state index is 12.8. The van der Waals surface area contributed by atoms with Gasteiger partial charge < -0.3 is 24.1 Å². The molecule has 0 saturated carbocycles. The van der Waals surface area contributed by atoms with Gasteiger partial charge in [0.25, 0.3) is 5.91 Å². The molecule has 7 nitrogen and oxygen atoms in total. The number of carbonyl (C=O) groups excluding carboxylic acids is 1. The number of nitrogens with zero attached hydrogens (tertiary/aromatic N) is 2. The van der Waals surface area contributed by atoms with Crippen LogP contribution in [0.1, 0.15) is 68.1 Å². The summed E-state index contributed by atoms with van der Waals surface area (Å²) in [6.45, 7) is 3.78. The summed E-state index contributed by atoms with van der Waals surface area (Å²) in [7, 11) is 4.62. The van der Waals surface area contributed by atoms with Crippen molar-refractivity contribution in [3.8, 4) is 17.2 Å². The van der Waals surface area contributed by atoms with Crippen molar-refractivity contribution in [1.29, 1.82) is 0 Å². The van der Waals surface area contributed by atoms with Crippen molar-refractivity contribution in [2.24, 2.45) is 0 Å². The molecule has 1 N–H and O–H groups in total. The SMILES string of the molecule is CCCCCCCCn1c(CCCNC(=O)c2cc(OC)c(OC)c(OC)c2)nc2ccccc21.